The molecule has 158 valence electrons. The van der Waals surface area contributed by atoms with Crippen LogP contribution in [-0.2, 0) is 4.79 Å². The molecule has 30 heavy (non-hydrogen) atoms. The first-order chi connectivity index (χ1) is 14.3. The van der Waals surface area contributed by atoms with Crippen molar-refractivity contribution in [1.82, 2.24) is 0 Å². The third kappa shape index (κ3) is 2.85. The Balaban J connectivity index is 1.66. The number of fused-ring (bicyclic) bond motifs is 4. The van der Waals surface area contributed by atoms with Gasteiger partial charge in [0.05, 0.1) is 6.21 Å². The van der Waals surface area contributed by atoms with E-state index < -0.39 is 0 Å². The average molecular weight is 404 g/mol. The molecule has 0 amide bonds. The molecule has 0 heterocycles. The summed E-state index contributed by atoms with van der Waals surface area (Å²) in [5, 5.41) is 12.0. The van der Waals surface area contributed by atoms with Crippen LogP contribution in [0.15, 0.2) is 52.2 Å². The summed E-state index contributed by atoms with van der Waals surface area (Å²) in [7, 11) is 0. The highest BCUT2D eigenvalue weighted by molar-refractivity contribution is 5.93. The van der Waals surface area contributed by atoms with E-state index in [-0.39, 0.29) is 0 Å². The molecule has 2 saturated carbocycles. The molecular formula is C27H33NO2. The minimum Gasteiger partial charge on any atom is -0.411 e. The van der Waals surface area contributed by atoms with Crippen molar-refractivity contribution < 1.29 is 10.0 Å². The molecule has 0 spiro atoms. The molecule has 3 heteroatoms. The van der Waals surface area contributed by atoms with Gasteiger partial charge >= 0.3 is 0 Å². The first kappa shape index (κ1) is 19.8. The van der Waals surface area contributed by atoms with Crippen molar-refractivity contribution in [3.8, 4) is 0 Å². The Labute approximate surface area is 179 Å². The summed E-state index contributed by atoms with van der Waals surface area (Å²) >= 11 is 0. The molecule has 1 aromatic carbocycles. The van der Waals surface area contributed by atoms with Gasteiger partial charge in [0.15, 0.2) is 5.78 Å². The number of carbonyl (C=O) groups excluding carboxylic acids is 1. The molecule has 0 aromatic heterocycles. The Bertz CT molecular complexity index is 965. The van der Waals surface area contributed by atoms with Crippen molar-refractivity contribution in [1.29, 1.82) is 0 Å². The SMILES string of the molecule is CC1(C)CCC2C3CCC4=CC(=O)CCC4=C3[C@@H](c3ccc(/C=N/O)cc3)C[C@@]21C. The van der Waals surface area contributed by atoms with E-state index in [2.05, 4.69) is 50.2 Å². The van der Waals surface area contributed by atoms with Gasteiger partial charge < -0.3 is 5.21 Å². The first-order valence-corrected chi connectivity index (χ1v) is 11.6. The van der Waals surface area contributed by atoms with Gasteiger partial charge in [0.2, 0.25) is 0 Å². The molecule has 2 unspecified atom stereocenters. The summed E-state index contributed by atoms with van der Waals surface area (Å²) < 4.78 is 0. The van der Waals surface area contributed by atoms with Crippen LogP contribution in [0.5, 0.6) is 0 Å². The van der Waals surface area contributed by atoms with Crippen LogP contribution < -0.4 is 0 Å². The van der Waals surface area contributed by atoms with E-state index in [1.54, 1.807) is 5.57 Å². The third-order valence-electron chi connectivity index (χ3n) is 9.30. The normalized spacial score (nSPS) is 35.1. The van der Waals surface area contributed by atoms with E-state index in [9.17, 15) is 4.79 Å². The zero-order valence-corrected chi connectivity index (χ0v) is 18.4. The van der Waals surface area contributed by atoms with Gasteiger partial charge in [0.1, 0.15) is 0 Å². The highest BCUT2D eigenvalue weighted by atomic mass is 16.4. The molecule has 1 N–H and O–H groups in total. The van der Waals surface area contributed by atoms with E-state index in [1.165, 1.54) is 48.6 Å². The van der Waals surface area contributed by atoms with Crippen LogP contribution in [0.3, 0.4) is 0 Å². The molecule has 4 aliphatic carbocycles. The van der Waals surface area contributed by atoms with Crippen molar-refractivity contribution in [3.63, 3.8) is 0 Å². The summed E-state index contributed by atoms with van der Waals surface area (Å²) in [6.07, 6.45) is 11.1. The Morgan fingerprint density at radius 1 is 1.07 bits per heavy atom. The largest absolute Gasteiger partial charge is 0.411 e. The second-order valence-corrected chi connectivity index (χ2v) is 10.8. The van der Waals surface area contributed by atoms with E-state index in [4.69, 9.17) is 5.21 Å². The maximum Gasteiger partial charge on any atom is 0.156 e. The van der Waals surface area contributed by atoms with Gasteiger partial charge in [-0.05, 0) is 89.5 Å². The van der Waals surface area contributed by atoms with Crippen LogP contribution >= 0.6 is 0 Å². The molecule has 0 bridgehead atoms. The summed E-state index contributed by atoms with van der Waals surface area (Å²) in [6.45, 7) is 7.52. The van der Waals surface area contributed by atoms with Crippen LogP contribution in [0.1, 0.15) is 82.8 Å². The number of hydrogen-bond acceptors (Lipinski definition) is 3. The predicted octanol–water partition coefficient (Wildman–Crippen LogP) is 6.42. The number of carbonyl (C=O) groups is 1. The second-order valence-electron chi connectivity index (χ2n) is 10.8. The number of hydrogen-bond donors (Lipinski definition) is 1. The second kappa shape index (κ2) is 6.93. The van der Waals surface area contributed by atoms with E-state index in [0.29, 0.717) is 34.9 Å². The molecule has 4 atom stereocenters. The lowest BCUT2D eigenvalue weighted by Crippen LogP contribution is -2.46. The lowest BCUT2D eigenvalue weighted by atomic mass is 9.49. The topological polar surface area (TPSA) is 49.7 Å². The van der Waals surface area contributed by atoms with Gasteiger partial charge in [-0.15, -0.1) is 0 Å². The molecule has 3 nitrogen and oxygen atoms in total. The summed E-state index contributed by atoms with van der Waals surface area (Å²) in [5.74, 6) is 2.13. The van der Waals surface area contributed by atoms with Gasteiger partial charge in [-0.25, -0.2) is 0 Å². The lowest BCUT2D eigenvalue weighted by molar-refractivity contribution is -0.114. The minimum atomic E-state index is 0.305. The van der Waals surface area contributed by atoms with Crippen molar-refractivity contribution >= 4 is 12.0 Å². The molecule has 4 aliphatic rings. The quantitative estimate of drug-likeness (QED) is 0.352. The number of allylic oxidation sites excluding steroid dienone is 4. The average Bonchev–Trinajstić information content (AvgIpc) is 2.97. The van der Waals surface area contributed by atoms with Crippen LogP contribution in [0.25, 0.3) is 0 Å². The predicted molar refractivity (Wildman–Crippen MR) is 120 cm³/mol. The lowest BCUT2D eigenvalue weighted by Gasteiger charge is -2.55. The van der Waals surface area contributed by atoms with Crippen molar-refractivity contribution in [3.05, 3.63) is 58.2 Å². The van der Waals surface area contributed by atoms with Crippen LogP contribution in [-0.4, -0.2) is 17.2 Å². The molecule has 5 rings (SSSR count). The summed E-state index contributed by atoms with van der Waals surface area (Å²) in [6, 6.07) is 8.58. The Kier molecular flexibility index (Phi) is 4.57. The third-order valence-corrected chi connectivity index (χ3v) is 9.30. The van der Waals surface area contributed by atoms with Crippen LogP contribution in [0.2, 0.25) is 0 Å². The molecule has 1 aromatic rings. The zero-order valence-electron chi connectivity index (χ0n) is 18.4. The maximum absolute atomic E-state index is 12.1. The Hall–Kier alpha value is -2.16. The number of nitrogens with zero attached hydrogens (tertiary/aromatic N) is 1. The zero-order chi connectivity index (χ0) is 21.1. The highest BCUT2D eigenvalue weighted by Crippen LogP contribution is 2.69. The van der Waals surface area contributed by atoms with Crippen LogP contribution in [0, 0.1) is 22.7 Å². The Morgan fingerprint density at radius 2 is 1.83 bits per heavy atom. The van der Waals surface area contributed by atoms with Gasteiger partial charge in [-0.2, -0.15) is 0 Å². The van der Waals surface area contributed by atoms with E-state index in [1.807, 2.05) is 6.08 Å². The standard InChI is InChI=1S/C27H33NO2/c1-26(2)13-12-24-22-10-8-19-14-20(29)9-11-21(19)25(22)23(15-27(24,26)3)18-6-4-17(5-7-18)16-28-30/h4-7,14,16,22-24,30H,8-13,15H2,1-3H3/b28-16+/t22?,23-,24?,27+/m1/s1. The number of oxime groups is 1. The summed E-state index contributed by atoms with van der Waals surface area (Å²) in [4.78, 5) is 12.1. The maximum atomic E-state index is 12.1. The van der Waals surface area contributed by atoms with Crippen molar-refractivity contribution in [2.75, 3.05) is 0 Å². The molecule has 2 fully saturated rings. The molecule has 0 aliphatic heterocycles. The Morgan fingerprint density at radius 3 is 2.57 bits per heavy atom. The van der Waals surface area contributed by atoms with Gasteiger partial charge in [0, 0.05) is 12.3 Å². The minimum absolute atomic E-state index is 0.305. The van der Waals surface area contributed by atoms with Gasteiger partial charge in [-0.1, -0.05) is 55.8 Å². The summed E-state index contributed by atoms with van der Waals surface area (Å²) in [5.41, 5.74) is 7.49. The monoisotopic (exact) mass is 403 g/mol. The first-order valence-electron chi connectivity index (χ1n) is 11.6. The number of rotatable bonds is 2. The van der Waals surface area contributed by atoms with Crippen LogP contribution in [0.4, 0.5) is 0 Å². The van der Waals surface area contributed by atoms with Crippen molar-refractivity contribution in [2.45, 2.75) is 71.6 Å². The van der Waals surface area contributed by atoms with Gasteiger partial charge in [0.25, 0.3) is 0 Å². The van der Waals surface area contributed by atoms with E-state index in [0.717, 1.165) is 24.3 Å². The fourth-order valence-electron chi connectivity index (χ4n) is 7.30. The highest BCUT2D eigenvalue weighted by Gasteiger charge is 2.59. The van der Waals surface area contributed by atoms with Gasteiger partial charge in [-0.3, -0.25) is 4.79 Å². The van der Waals surface area contributed by atoms with Crippen molar-refractivity contribution in [2.24, 2.45) is 27.8 Å². The number of benzene rings is 1. The fraction of sp³-hybridized carbons (Fsp3) is 0.556. The number of ketones is 1. The fourth-order valence-corrected chi connectivity index (χ4v) is 7.30. The smallest absolute Gasteiger partial charge is 0.156 e. The van der Waals surface area contributed by atoms with E-state index >= 15 is 0 Å². The molecule has 0 radical (unpaired) electrons. The molecular weight excluding hydrogens is 370 g/mol. The molecule has 0 saturated heterocycles.